The van der Waals surface area contributed by atoms with E-state index in [2.05, 4.69) is 150 Å². The van der Waals surface area contributed by atoms with Crippen molar-refractivity contribution in [2.45, 2.75) is 0 Å². The molecule has 0 amide bonds. The molecule has 7 aromatic carbocycles. The quantitative estimate of drug-likeness (QED) is 0.193. The largest absolute Gasteiger partial charge is 0.456 e. The Morgan fingerprint density at radius 1 is 0.391 bits per heavy atom. The first-order valence-corrected chi connectivity index (χ1v) is 15.6. The van der Waals surface area contributed by atoms with E-state index in [1.165, 1.54) is 43.7 Å². The van der Waals surface area contributed by atoms with Gasteiger partial charge in [0.05, 0.1) is 22.2 Å². The van der Waals surface area contributed by atoms with Gasteiger partial charge in [0.15, 0.2) is 0 Å². The number of nitrogens with zero attached hydrogens (tertiary/aromatic N) is 2. The van der Waals surface area contributed by atoms with Crippen LogP contribution in [0.3, 0.4) is 0 Å². The first-order chi connectivity index (χ1) is 22.8. The number of hydrogen-bond acceptors (Lipinski definition) is 2. The van der Waals surface area contributed by atoms with Crippen molar-refractivity contribution in [3.05, 3.63) is 158 Å². The molecule has 0 bridgehead atoms. The molecule has 0 atom stereocenters. The van der Waals surface area contributed by atoms with Gasteiger partial charge in [0, 0.05) is 43.6 Å². The van der Waals surface area contributed by atoms with Crippen molar-refractivity contribution >= 4 is 65.4 Å². The van der Waals surface area contributed by atoms with Crippen LogP contribution in [0.15, 0.2) is 162 Å². The molecular weight excluding hydrogens is 560 g/mol. The van der Waals surface area contributed by atoms with E-state index < -0.39 is 0 Å². The lowest BCUT2D eigenvalue weighted by Gasteiger charge is -2.13. The van der Waals surface area contributed by atoms with Gasteiger partial charge >= 0.3 is 0 Å². The second-order valence-electron chi connectivity index (χ2n) is 12.0. The molecule has 3 nitrogen and oxygen atoms in total. The highest BCUT2D eigenvalue weighted by Crippen LogP contribution is 2.38. The van der Waals surface area contributed by atoms with Crippen LogP contribution in [0.25, 0.3) is 93.5 Å². The molecule has 3 heterocycles. The average molecular weight is 587 g/mol. The van der Waals surface area contributed by atoms with Crippen LogP contribution in [-0.2, 0) is 0 Å². The van der Waals surface area contributed by atoms with Crippen molar-refractivity contribution in [1.29, 1.82) is 0 Å². The van der Waals surface area contributed by atoms with Crippen molar-refractivity contribution in [2.24, 2.45) is 0 Å². The first-order valence-electron chi connectivity index (χ1n) is 15.6. The maximum Gasteiger partial charge on any atom is 0.135 e. The third-order valence-corrected chi connectivity index (χ3v) is 9.37. The molecule has 0 saturated heterocycles. The number of furan rings is 1. The molecule has 0 unspecified atom stereocenters. The van der Waals surface area contributed by atoms with Crippen LogP contribution in [0.5, 0.6) is 0 Å². The van der Waals surface area contributed by atoms with E-state index in [-0.39, 0.29) is 0 Å². The number of benzene rings is 7. The molecule has 0 fully saturated rings. The van der Waals surface area contributed by atoms with Crippen molar-refractivity contribution in [3.63, 3.8) is 0 Å². The molecule has 10 rings (SSSR count). The SMILES string of the molecule is c1cc(-c2nc3ccccc3c3ccccc23)cc(-n2c3ccccc3c3cc(-c4ccc5oc6ccccc6c5c4)ccc32)c1. The summed E-state index contributed by atoms with van der Waals surface area (Å²) < 4.78 is 8.48. The topological polar surface area (TPSA) is 31.0 Å². The van der Waals surface area contributed by atoms with E-state index in [0.717, 1.165) is 49.8 Å². The van der Waals surface area contributed by atoms with Gasteiger partial charge in [-0.3, -0.25) is 0 Å². The Kier molecular flexibility index (Phi) is 5.28. The fourth-order valence-electron chi connectivity index (χ4n) is 7.25. The van der Waals surface area contributed by atoms with Crippen LogP contribution < -0.4 is 0 Å². The Hall–Kier alpha value is -6.19. The summed E-state index contributed by atoms with van der Waals surface area (Å²) in [6, 6.07) is 56.1. The second-order valence-corrected chi connectivity index (χ2v) is 12.0. The summed E-state index contributed by atoms with van der Waals surface area (Å²) in [6.07, 6.45) is 0. The molecule has 0 spiro atoms. The van der Waals surface area contributed by atoms with Crippen molar-refractivity contribution in [1.82, 2.24) is 9.55 Å². The minimum Gasteiger partial charge on any atom is -0.456 e. The molecule has 0 radical (unpaired) electrons. The fourth-order valence-corrected chi connectivity index (χ4v) is 7.25. The Labute approximate surface area is 264 Å². The minimum atomic E-state index is 0.913. The maximum atomic E-state index is 6.10. The minimum absolute atomic E-state index is 0.913. The fraction of sp³-hybridized carbons (Fsp3) is 0. The van der Waals surface area contributed by atoms with Gasteiger partial charge in [-0.25, -0.2) is 4.98 Å². The zero-order valence-electron chi connectivity index (χ0n) is 24.8. The summed E-state index contributed by atoms with van der Waals surface area (Å²) in [4.78, 5) is 5.19. The molecule has 3 aromatic heterocycles. The number of rotatable bonds is 3. The van der Waals surface area contributed by atoms with Crippen LogP contribution in [-0.4, -0.2) is 9.55 Å². The van der Waals surface area contributed by atoms with E-state index >= 15 is 0 Å². The van der Waals surface area contributed by atoms with E-state index in [9.17, 15) is 0 Å². The standard InChI is InChI=1S/C43H26N2O/c1-2-16-35-31(12-1)32-13-3-6-17-38(32)44-43(35)29-10-9-11-30(24-29)45-39-18-7-4-14-33(39)36-25-27(20-22-40(36)45)28-21-23-42-37(26-28)34-15-5-8-19-41(34)46-42/h1-26H. The Bertz CT molecular complexity index is 2820. The zero-order chi connectivity index (χ0) is 30.2. The lowest BCUT2D eigenvalue weighted by Crippen LogP contribution is -1.95. The summed E-state index contributed by atoms with van der Waals surface area (Å²) in [6.45, 7) is 0. The van der Waals surface area contributed by atoms with Gasteiger partial charge in [0.2, 0.25) is 0 Å². The first kappa shape index (κ1) is 25.2. The Morgan fingerprint density at radius 2 is 1.04 bits per heavy atom. The van der Waals surface area contributed by atoms with Crippen molar-refractivity contribution < 1.29 is 4.42 Å². The molecule has 0 aliphatic rings. The molecule has 0 saturated carbocycles. The smallest absolute Gasteiger partial charge is 0.135 e. The summed E-state index contributed by atoms with van der Waals surface area (Å²) in [5.41, 5.74) is 10.8. The molecule has 0 N–H and O–H groups in total. The summed E-state index contributed by atoms with van der Waals surface area (Å²) in [5, 5.41) is 8.30. The predicted octanol–water partition coefficient (Wildman–Crippen LogP) is 11.7. The van der Waals surface area contributed by atoms with Crippen LogP contribution in [0.2, 0.25) is 0 Å². The normalized spacial score (nSPS) is 11.9. The van der Waals surface area contributed by atoms with E-state index in [0.29, 0.717) is 0 Å². The number of fused-ring (bicyclic) bond motifs is 9. The molecule has 0 aliphatic heterocycles. The Balaban J connectivity index is 1.16. The van der Waals surface area contributed by atoms with Crippen LogP contribution >= 0.6 is 0 Å². The highest BCUT2D eigenvalue weighted by atomic mass is 16.3. The number of pyridine rings is 1. The van der Waals surface area contributed by atoms with Crippen molar-refractivity contribution in [2.75, 3.05) is 0 Å². The van der Waals surface area contributed by atoms with Gasteiger partial charge in [0.25, 0.3) is 0 Å². The summed E-state index contributed by atoms with van der Waals surface area (Å²) >= 11 is 0. The van der Waals surface area contributed by atoms with Gasteiger partial charge in [-0.2, -0.15) is 0 Å². The van der Waals surface area contributed by atoms with Gasteiger partial charge in [-0.15, -0.1) is 0 Å². The summed E-state index contributed by atoms with van der Waals surface area (Å²) in [7, 11) is 0. The molecule has 3 heteroatoms. The van der Waals surface area contributed by atoms with E-state index in [4.69, 9.17) is 9.40 Å². The maximum absolute atomic E-state index is 6.10. The third kappa shape index (κ3) is 3.69. The second kappa shape index (κ2) is 9.65. The monoisotopic (exact) mass is 586 g/mol. The molecule has 46 heavy (non-hydrogen) atoms. The van der Waals surface area contributed by atoms with Gasteiger partial charge in [0.1, 0.15) is 11.2 Å². The van der Waals surface area contributed by atoms with Crippen LogP contribution in [0.1, 0.15) is 0 Å². The van der Waals surface area contributed by atoms with E-state index in [1.54, 1.807) is 0 Å². The van der Waals surface area contributed by atoms with Gasteiger partial charge in [-0.05, 0) is 71.1 Å². The predicted molar refractivity (Wildman–Crippen MR) is 192 cm³/mol. The molecule has 10 aromatic rings. The lowest BCUT2D eigenvalue weighted by atomic mass is 9.99. The zero-order valence-corrected chi connectivity index (χ0v) is 24.8. The highest BCUT2D eigenvalue weighted by Gasteiger charge is 2.16. The number of para-hydroxylation sites is 3. The van der Waals surface area contributed by atoms with Crippen molar-refractivity contribution in [3.8, 4) is 28.1 Å². The van der Waals surface area contributed by atoms with Crippen LogP contribution in [0.4, 0.5) is 0 Å². The third-order valence-electron chi connectivity index (χ3n) is 9.37. The summed E-state index contributed by atoms with van der Waals surface area (Å²) in [5.74, 6) is 0. The number of hydrogen-bond donors (Lipinski definition) is 0. The molecular formula is C43H26N2O. The van der Waals surface area contributed by atoms with E-state index in [1.807, 2.05) is 12.1 Å². The highest BCUT2D eigenvalue weighted by molar-refractivity contribution is 6.13. The number of aromatic nitrogens is 2. The molecule has 0 aliphatic carbocycles. The van der Waals surface area contributed by atoms with Gasteiger partial charge in [-0.1, -0.05) is 103 Å². The van der Waals surface area contributed by atoms with Gasteiger partial charge < -0.3 is 8.98 Å². The molecule has 214 valence electrons. The Morgan fingerprint density at radius 3 is 1.93 bits per heavy atom. The lowest BCUT2D eigenvalue weighted by molar-refractivity contribution is 0.669. The average Bonchev–Trinajstić information content (AvgIpc) is 3.66. The van der Waals surface area contributed by atoms with Crippen LogP contribution in [0, 0.1) is 0 Å².